The molecule has 0 unspecified atom stereocenters. The molecule has 1 N–H and O–H groups in total. The van der Waals surface area contributed by atoms with Crippen LogP contribution in [-0.2, 0) is 26.2 Å². The second kappa shape index (κ2) is 14.4. The number of para-hydroxylation sites is 1. The molecule has 3 rings (SSSR count). The van der Waals surface area contributed by atoms with Crippen LogP contribution in [0, 0.1) is 0 Å². The normalized spacial score (nSPS) is 11.8. The minimum atomic E-state index is -4.14. The zero-order chi connectivity index (χ0) is 29.1. The average molecular weight is 568 g/mol. The van der Waals surface area contributed by atoms with Crippen LogP contribution in [-0.4, -0.2) is 58.5 Å². The summed E-state index contributed by atoms with van der Waals surface area (Å²) in [6.07, 6.45) is 1.10. The predicted octanol–water partition coefficient (Wildman–Crippen LogP) is 4.23. The van der Waals surface area contributed by atoms with Gasteiger partial charge < -0.3 is 19.7 Å². The summed E-state index contributed by atoms with van der Waals surface area (Å²) in [6.45, 7) is 3.87. The molecule has 40 heavy (non-hydrogen) atoms. The Kier molecular flexibility index (Phi) is 11.0. The van der Waals surface area contributed by atoms with E-state index in [0.29, 0.717) is 30.2 Å². The highest BCUT2D eigenvalue weighted by Gasteiger charge is 2.33. The van der Waals surface area contributed by atoms with Gasteiger partial charge in [-0.25, -0.2) is 8.42 Å². The number of ether oxygens (including phenoxy) is 2. The summed E-state index contributed by atoms with van der Waals surface area (Å²) in [6, 6.07) is 20.8. The lowest BCUT2D eigenvalue weighted by Gasteiger charge is -2.33. The summed E-state index contributed by atoms with van der Waals surface area (Å²) in [5.41, 5.74) is 1.11. The van der Waals surface area contributed by atoms with E-state index in [-0.39, 0.29) is 17.3 Å². The number of nitrogens with one attached hydrogen (secondary N) is 1. The van der Waals surface area contributed by atoms with E-state index in [2.05, 4.69) is 5.32 Å². The molecule has 0 spiro atoms. The fourth-order valence-corrected chi connectivity index (χ4v) is 5.63. The maximum absolute atomic E-state index is 14.0. The molecule has 3 aromatic carbocycles. The summed E-state index contributed by atoms with van der Waals surface area (Å²) >= 11 is 0. The lowest BCUT2D eigenvalue weighted by atomic mass is 10.1. The zero-order valence-corrected chi connectivity index (χ0v) is 24.2. The number of rotatable bonds is 14. The second-order valence-corrected chi connectivity index (χ2v) is 11.0. The molecule has 0 fully saturated rings. The SMILES string of the molecule is CCCNC(=O)[C@H](CC)N(Cc1ccc(OC)cc1)C(=O)CN(c1ccccc1)S(=O)(=O)c1ccc(OC)cc1. The largest absolute Gasteiger partial charge is 0.497 e. The molecule has 0 aliphatic heterocycles. The summed E-state index contributed by atoms with van der Waals surface area (Å²) in [5.74, 6) is 0.386. The summed E-state index contributed by atoms with van der Waals surface area (Å²) in [5, 5.41) is 2.88. The Morgan fingerprint density at radius 3 is 1.95 bits per heavy atom. The van der Waals surface area contributed by atoms with Crippen LogP contribution in [0.4, 0.5) is 5.69 Å². The number of sulfonamides is 1. The molecule has 0 heterocycles. The van der Waals surface area contributed by atoms with Crippen LogP contribution >= 0.6 is 0 Å². The highest BCUT2D eigenvalue weighted by Crippen LogP contribution is 2.26. The number of methoxy groups -OCH3 is 2. The quantitative estimate of drug-likeness (QED) is 0.313. The number of carbonyl (C=O) groups is 2. The van der Waals surface area contributed by atoms with Crippen LogP contribution in [0.25, 0.3) is 0 Å². The Bertz CT molecular complexity index is 1350. The van der Waals surface area contributed by atoms with E-state index in [1.165, 1.54) is 24.1 Å². The number of anilines is 1. The van der Waals surface area contributed by atoms with Gasteiger partial charge >= 0.3 is 0 Å². The molecule has 9 nitrogen and oxygen atoms in total. The van der Waals surface area contributed by atoms with Gasteiger partial charge in [-0.2, -0.15) is 0 Å². The van der Waals surface area contributed by atoms with Gasteiger partial charge in [-0.05, 0) is 66.9 Å². The minimum absolute atomic E-state index is 0.0133. The Morgan fingerprint density at radius 1 is 0.850 bits per heavy atom. The lowest BCUT2D eigenvalue weighted by Crippen LogP contribution is -2.52. The lowest BCUT2D eigenvalue weighted by molar-refractivity contribution is -0.140. The number of hydrogen-bond acceptors (Lipinski definition) is 6. The second-order valence-electron chi connectivity index (χ2n) is 9.11. The van der Waals surface area contributed by atoms with E-state index < -0.39 is 28.5 Å². The molecule has 3 aromatic rings. The molecule has 0 bridgehead atoms. The molecule has 10 heteroatoms. The Morgan fingerprint density at radius 2 is 1.43 bits per heavy atom. The zero-order valence-electron chi connectivity index (χ0n) is 23.4. The van der Waals surface area contributed by atoms with E-state index in [1.807, 2.05) is 26.0 Å². The highest BCUT2D eigenvalue weighted by atomic mass is 32.2. The van der Waals surface area contributed by atoms with Crippen molar-refractivity contribution >= 4 is 27.5 Å². The standard InChI is InChI=1S/C30H37N3O6S/c1-5-20-31-30(35)28(6-2)32(21-23-12-14-25(38-3)15-13-23)29(34)22-33(24-10-8-7-9-11-24)40(36,37)27-18-16-26(39-4)17-19-27/h7-19,28H,5-6,20-22H2,1-4H3,(H,31,35)/t28-/m0/s1. The van der Waals surface area contributed by atoms with Gasteiger partial charge in [0.2, 0.25) is 11.8 Å². The molecule has 0 aromatic heterocycles. The maximum Gasteiger partial charge on any atom is 0.264 e. The first-order valence-corrected chi connectivity index (χ1v) is 14.6. The number of carbonyl (C=O) groups excluding carboxylic acids is 2. The summed E-state index contributed by atoms with van der Waals surface area (Å²) in [7, 11) is -1.08. The van der Waals surface area contributed by atoms with Crippen molar-refractivity contribution in [3.63, 3.8) is 0 Å². The van der Waals surface area contributed by atoms with E-state index in [4.69, 9.17) is 9.47 Å². The van der Waals surface area contributed by atoms with Crippen molar-refractivity contribution in [2.75, 3.05) is 31.6 Å². The van der Waals surface area contributed by atoms with Gasteiger partial charge in [-0.1, -0.05) is 44.2 Å². The summed E-state index contributed by atoms with van der Waals surface area (Å²) < 4.78 is 39.2. The van der Waals surface area contributed by atoms with Crippen molar-refractivity contribution in [3.8, 4) is 11.5 Å². The molecule has 0 saturated heterocycles. The van der Waals surface area contributed by atoms with Gasteiger partial charge in [0, 0.05) is 13.1 Å². The number of hydrogen-bond donors (Lipinski definition) is 1. The molecule has 0 aliphatic rings. The number of amides is 2. The van der Waals surface area contributed by atoms with Gasteiger partial charge in [0.15, 0.2) is 0 Å². The van der Waals surface area contributed by atoms with Gasteiger partial charge in [0.25, 0.3) is 10.0 Å². The molecular weight excluding hydrogens is 530 g/mol. The maximum atomic E-state index is 14.0. The summed E-state index contributed by atoms with van der Waals surface area (Å²) in [4.78, 5) is 28.6. The van der Waals surface area contributed by atoms with Crippen molar-refractivity contribution in [3.05, 3.63) is 84.4 Å². The van der Waals surface area contributed by atoms with Crippen molar-refractivity contribution in [2.24, 2.45) is 0 Å². The third-order valence-electron chi connectivity index (χ3n) is 6.42. The first-order chi connectivity index (χ1) is 19.2. The van der Waals surface area contributed by atoms with E-state index in [1.54, 1.807) is 61.7 Å². The molecule has 0 saturated carbocycles. The number of benzene rings is 3. The molecule has 0 radical (unpaired) electrons. The third-order valence-corrected chi connectivity index (χ3v) is 8.21. The Hall–Kier alpha value is -4.05. The van der Waals surface area contributed by atoms with Crippen LogP contribution in [0.15, 0.2) is 83.8 Å². The van der Waals surface area contributed by atoms with Gasteiger partial charge in [-0.3, -0.25) is 13.9 Å². The van der Waals surface area contributed by atoms with Crippen molar-refractivity contribution in [2.45, 2.75) is 44.2 Å². The topological polar surface area (TPSA) is 105 Å². The van der Waals surface area contributed by atoms with Gasteiger partial charge in [-0.15, -0.1) is 0 Å². The van der Waals surface area contributed by atoms with Crippen molar-refractivity contribution in [1.29, 1.82) is 0 Å². The molecule has 1 atom stereocenters. The van der Waals surface area contributed by atoms with Crippen LogP contribution in [0.1, 0.15) is 32.3 Å². The van der Waals surface area contributed by atoms with Crippen LogP contribution in [0.2, 0.25) is 0 Å². The van der Waals surface area contributed by atoms with E-state index in [0.717, 1.165) is 16.3 Å². The monoisotopic (exact) mass is 567 g/mol. The van der Waals surface area contributed by atoms with Crippen LogP contribution < -0.4 is 19.1 Å². The fraction of sp³-hybridized carbons (Fsp3) is 0.333. The molecular formula is C30H37N3O6S. The Labute approximate surface area is 236 Å². The van der Waals surface area contributed by atoms with Crippen LogP contribution in [0.3, 0.4) is 0 Å². The molecule has 214 valence electrons. The fourth-order valence-electron chi connectivity index (χ4n) is 4.21. The van der Waals surface area contributed by atoms with Crippen molar-refractivity contribution < 1.29 is 27.5 Å². The van der Waals surface area contributed by atoms with Gasteiger partial charge in [0.05, 0.1) is 24.8 Å². The minimum Gasteiger partial charge on any atom is -0.497 e. The predicted molar refractivity (Wildman–Crippen MR) is 155 cm³/mol. The first kappa shape index (κ1) is 30.5. The van der Waals surface area contributed by atoms with Crippen LogP contribution in [0.5, 0.6) is 11.5 Å². The highest BCUT2D eigenvalue weighted by molar-refractivity contribution is 7.92. The smallest absolute Gasteiger partial charge is 0.264 e. The van der Waals surface area contributed by atoms with E-state index >= 15 is 0 Å². The molecule has 2 amide bonds. The van der Waals surface area contributed by atoms with Crippen molar-refractivity contribution in [1.82, 2.24) is 10.2 Å². The average Bonchev–Trinajstić information content (AvgIpc) is 2.99. The van der Waals surface area contributed by atoms with Gasteiger partial charge in [0.1, 0.15) is 24.1 Å². The number of nitrogens with zero attached hydrogens (tertiary/aromatic N) is 2. The van der Waals surface area contributed by atoms with E-state index in [9.17, 15) is 18.0 Å². The third kappa shape index (κ3) is 7.53. The first-order valence-electron chi connectivity index (χ1n) is 13.2. The molecule has 0 aliphatic carbocycles. The Balaban J connectivity index is 2.01.